The van der Waals surface area contributed by atoms with Crippen molar-refractivity contribution in [3.8, 4) is 0 Å². The van der Waals surface area contributed by atoms with E-state index in [1.54, 1.807) is 48.5 Å². The maximum absolute atomic E-state index is 12.1. The molecule has 0 heterocycles. The van der Waals surface area contributed by atoms with Crippen LogP contribution in [-0.2, 0) is 15.8 Å². The molecule has 2 aromatic carbocycles. The second kappa shape index (κ2) is 6.55. The molecule has 2 aromatic rings. The molecule has 0 saturated heterocycles. The van der Waals surface area contributed by atoms with E-state index in [2.05, 4.69) is 20.7 Å². The van der Waals surface area contributed by atoms with Gasteiger partial charge in [-0.15, -0.1) is 0 Å². The smallest absolute Gasteiger partial charge is 0.236 e. The Morgan fingerprint density at radius 3 is 2.19 bits per heavy atom. The minimum Gasteiger partial charge on any atom is -0.389 e. The molecular formula is C14H13BrN2O2S2. The van der Waals surface area contributed by atoms with Crippen LogP contribution in [0.2, 0.25) is 0 Å². The standard InChI is InChI=1S/C14H13BrN2O2S2/c15-12-5-7-13(8-6-12)17-21(18,19)9-10-1-3-11(4-2-10)14(16)20/h1-8,17H,9H2,(H2,16,20). The highest BCUT2D eigenvalue weighted by Crippen LogP contribution is 2.17. The number of hydrogen-bond acceptors (Lipinski definition) is 3. The summed E-state index contributed by atoms with van der Waals surface area (Å²) in [4.78, 5) is 0.289. The highest BCUT2D eigenvalue weighted by molar-refractivity contribution is 9.10. The largest absolute Gasteiger partial charge is 0.389 e. The van der Waals surface area contributed by atoms with E-state index in [1.807, 2.05) is 0 Å². The van der Waals surface area contributed by atoms with Crippen molar-refractivity contribution in [1.82, 2.24) is 0 Å². The zero-order chi connectivity index (χ0) is 15.5. The van der Waals surface area contributed by atoms with Crippen LogP contribution in [-0.4, -0.2) is 13.4 Å². The second-order valence-electron chi connectivity index (χ2n) is 4.43. The van der Waals surface area contributed by atoms with Gasteiger partial charge in [0, 0.05) is 15.7 Å². The van der Waals surface area contributed by atoms with E-state index >= 15 is 0 Å². The maximum atomic E-state index is 12.1. The van der Waals surface area contributed by atoms with E-state index in [0.717, 1.165) is 4.47 Å². The van der Waals surface area contributed by atoms with Gasteiger partial charge in [-0.2, -0.15) is 0 Å². The van der Waals surface area contributed by atoms with Gasteiger partial charge in [0.15, 0.2) is 0 Å². The molecule has 0 aliphatic carbocycles. The highest BCUT2D eigenvalue weighted by atomic mass is 79.9. The van der Waals surface area contributed by atoms with Crippen molar-refractivity contribution in [2.24, 2.45) is 5.73 Å². The first-order valence-corrected chi connectivity index (χ1v) is 8.86. The van der Waals surface area contributed by atoms with Crippen molar-refractivity contribution in [3.05, 3.63) is 64.1 Å². The Bertz CT molecular complexity index is 742. The van der Waals surface area contributed by atoms with Gasteiger partial charge in [-0.05, 0) is 29.8 Å². The number of halogens is 1. The van der Waals surface area contributed by atoms with E-state index in [9.17, 15) is 8.42 Å². The fourth-order valence-electron chi connectivity index (χ4n) is 1.72. The normalized spacial score (nSPS) is 11.1. The van der Waals surface area contributed by atoms with Gasteiger partial charge >= 0.3 is 0 Å². The van der Waals surface area contributed by atoms with Crippen LogP contribution in [0.15, 0.2) is 53.0 Å². The van der Waals surface area contributed by atoms with Crippen LogP contribution in [0.5, 0.6) is 0 Å². The van der Waals surface area contributed by atoms with E-state index in [-0.39, 0.29) is 10.7 Å². The monoisotopic (exact) mass is 384 g/mol. The highest BCUT2D eigenvalue weighted by Gasteiger charge is 2.12. The number of thiocarbonyl (C=S) groups is 1. The third-order valence-corrected chi connectivity index (χ3v) is 4.74. The molecule has 0 spiro atoms. The third kappa shape index (κ3) is 4.80. The fraction of sp³-hybridized carbons (Fsp3) is 0.0714. The predicted octanol–water partition coefficient (Wildman–Crippen LogP) is 3.03. The van der Waals surface area contributed by atoms with Gasteiger partial charge in [-0.3, -0.25) is 4.72 Å². The number of nitrogens with two attached hydrogens (primary N) is 1. The minimum absolute atomic E-state index is 0.110. The summed E-state index contributed by atoms with van der Waals surface area (Å²) in [6, 6.07) is 13.8. The zero-order valence-electron chi connectivity index (χ0n) is 10.9. The first-order chi connectivity index (χ1) is 9.85. The molecule has 0 saturated carbocycles. The second-order valence-corrected chi connectivity index (χ2v) is 7.51. The summed E-state index contributed by atoms with van der Waals surface area (Å²) in [5.41, 5.74) is 7.41. The van der Waals surface area contributed by atoms with Gasteiger partial charge < -0.3 is 5.73 Å². The van der Waals surface area contributed by atoms with E-state index < -0.39 is 10.0 Å². The maximum Gasteiger partial charge on any atom is 0.236 e. The van der Waals surface area contributed by atoms with Crippen molar-refractivity contribution in [1.29, 1.82) is 0 Å². The number of sulfonamides is 1. The quantitative estimate of drug-likeness (QED) is 0.777. The lowest BCUT2D eigenvalue weighted by Crippen LogP contribution is -2.15. The van der Waals surface area contributed by atoms with Crippen LogP contribution in [0.25, 0.3) is 0 Å². The topological polar surface area (TPSA) is 72.2 Å². The molecule has 0 unspecified atom stereocenters. The van der Waals surface area contributed by atoms with Crippen LogP contribution in [0.1, 0.15) is 11.1 Å². The van der Waals surface area contributed by atoms with E-state index in [1.165, 1.54) is 0 Å². The summed E-state index contributed by atoms with van der Waals surface area (Å²) >= 11 is 8.15. The van der Waals surface area contributed by atoms with Crippen molar-refractivity contribution in [2.45, 2.75) is 5.75 Å². The lowest BCUT2D eigenvalue weighted by Gasteiger charge is -2.08. The Hall–Kier alpha value is -1.44. The van der Waals surface area contributed by atoms with Gasteiger partial charge in [0.1, 0.15) is 4.99 Å². The third-order valence-electron chi connectivity index (χ3n) is 2.71. The number of benzene rings is 2. The average molecular weight is 385 g/mol. The lowest BCUT2D eigenvalue weighted by molar-refractivity contribution is 0.600. The molecule has 0 aromatic heterocycles. The Morgan fingerprint density at radius 1 is 1.10 bits per heavy atom. The van der Waals surface area contributed by atoms with Gasteiger partial charge in [0.05, 0.1) is 5.75 Å². The number of rotatable bonds is 5. The molecule has 0 amide bonds. The lowest BCUT2D eigenvalue weighted by atomic mass is 10.1. The molecule has 0 aliphatic rings. The van der Waals surface area contributed by atoms with Crippen molar-refractivity contribution < 1.29 is 8.42 Å². The van der Waals surface area contributed by atoms with Gasteiger partial charge in [0.2, 0.25) is 10.0 Å². The van der Waals surface area contributed by atoms with Gasteiger partial charge in [0.25, 0.3) is 0 Å². The zero-order valence-corrected chi connectivity index (χ0v) is 14.1. The van der Waals surface area contributed by atoms with E-state index in [4.69, 9.17) is 18.0 Å². The molecule has 0 bridgehead atoms. The fourth-order valence-corrected chi connectivity index (χ4v) is 3.32. The first kappa shape index (κ1) is 15.9. The van der Waals surface area contributed by atoms with Crippen molar-refractivity contribution in [3.63, 3.8) is 0 Å². The Labute approximate surface area is 137 Å². The molecule has 3 N–H and O–H groups in total. The number of anilines is 1. The SMILES string of the molecule is NC(=S)c1ccc(CS(=O)(=O)Nc2ccc(Br)cc2)cc1. The number of nitrogens with one attached hydrogen (secondary N) is 1. The summed E-state index contributed by atoms with van der Waals surface area (Å²) in [5, 5.41) is 0. The van der Waals surface area contributed by atoms with Crippen molar-refractivity contribution >= 4 is 48.8 Å². The summed E-state index contributed by atoms with van der Waals surface area (Å²) < 4.78 is 27.6. The summed E-state index contributed by atoms with van der Waals surface area (Å²) in [6.45, 7) is 0. The van der Waals surface area contributed by atoms with Gasteiger partial charge in [-0.1, -0.05) is 52.4 Å². The van der Waals surface area contributed by atoms with Crippen molar-refractivity contribution in [2.75, 3.05) is 4.72 Å². The molecule has 0 atom stereocenters. The molecule has 4 nitrogen and oxygen atoms in total. The summed E-state index contributed by atoms with van der Waals surface area (Å²) in [7, 11) is -3.46. The summed E-state index contributed by atoms with van der Waals surface area (Å²) in [6.07, 6.45) is 0. The molecular weight excluding hydrogens is 372 g/mol. The Balaban J connectivity index is 2.10. The van der Waals surface area contributed by atoms with Crippen LogP contribution >= 0.6 is 28.1 Å². The van der Waals surface area contributed by atoms with Gasteiger partial charge in [-0.25, -0.2) is 8.42 Å². The van der Waals surface area contributed by atoms with E-state index in [0.29, 0.717) is 16.8 Å². The van der Waals surface area contributed by atoms with Crippen LogP contribution in [0, 0.1) is 0 Å². The predicted molar refractivity (Wildman–Crippen MR) is 92.7 cm³/mol. The van der Waals surface area contributed by atoms with Crippen LogP contribution in [0.3, 0.4) is 0 Å². The van der Waals surface area contributed by atoms with Crippen LogP contribution in [0.4, 0.5) is 5.69 Å². The molecule has 2 rings (SSSR count). The Kier molecular flexibility index (Phi) is 4.97. The molecule has 110 valence electrons. The average Bonchev–Trinajstić information content (AvgIpc) is 2.41. The molecule has 0 aliphatic heterocycles. The molecule has 0 fully saturated rings. The molecule has 7 heteroatoms. The first-order valence-electron chi connectivity index (χ1n) is 6.00. The Morgan fingerprint density at radius 2 is 1.67 bits per heavy atom. The molecule has 21 heavy (non-hydrogen) atoms. The van der Waals surface area contributed by atoms with Crippen LogP contribution < -0.4 is 10.5 Å². The summed E-state index contributed by atoms with van der Waals surface area (Å²) in [5.74, 6) is -0.110. The number of hydrogen-bond donors (Lipinski definition) is 2. The molecule has 0 radical (unpaired) electrons. The minimum atomic E-state index is -3.46.